The monoisotopic (exact) mass is 611 g/mol. The molecule has 4 rings (SSSR count). The molecule has 42 heavy (non-hydrogen) atoms. The van der Waals surface area contributed by atoms with E-state index >= 15 is 0 Å². The van der Waals surface area contributed by atoms with Gasteiger partial charge in [0, 0.05) is 24.2 Å². The zero-order valence-corrected chi connectivity index (χ0v) is 24.9. The molecule has 220 valence electrons. The quantitative estimate of drug-likeness (QED) is 0.109. The van der Waals surface area contributed by atoms with Gasteiger partial charge in [-0.2, -0.15) is 0 Å². The molecule has 1 aliphatic heterocycles. The van der Waals surface area contributed by atoms with Gasteiger partial charge in [0.25, 0.3) is 11.6 Å². The Labute approximate surface area is 253 Å². The summed E-state index contributed by atoms with van der Waals surface area (Å²) >= 11 is 11.6. The molecule has 0 atom stereocenters. The predicted octanol–water partition coefficient (Wildman–Crippen LogP) is 5.93. The molecule has 1 fully saturated rings. The van der Waals surface area contributed by atoms with Crippen molar-refractivity contribution in [2.75, 3.05) is 26.9 Å². The Bertz CT molecular complexity index is 1530. The first kappa shape index (κ1) is 30.6. The maximum Gasteiger partial charge on any atom is 0.276 e. The van der Waals surface area contributed by atoms with Gasteiger partial charge in [0.1, 0.15) is 23.8 Å². The molecule has 0 bridgehead atoms. The van der Waals surface area contributed by atoms with E-state index in [1.165, 1.54) is 30.2 Å². The van der Waals surface area contributed by atoms with Gasteiger partial charge >= 0.3 is 0 Å². The van der Waals surface area contributed by atoms with Crippen LogP contribution in [-0.2, 0) is 17.8 Å². The van der Waals surface area contributed by atoms with Crippen molar-refractivity contribution in [2.24, 2.45) is 0 Å². The van der Waals surface area contributed by atoms with Gasteiger partial charge in [-0.15, -0.1) is 0 Å². The first-order valence-electron chi connectivity index (χ1n) is 13.2. The van der Waals surface area contributed by atoms with E-state index in [-0.39, 0.29) is 23.2 Å². The Kier molecular flexibility index (Phi) is 10.2. The second-order valence-corrected chi connectivity index (χ2v) is 9.87. The number of nitro benzene ring substituents is 1. The number of nitrogens with zero attached hydrogens (tertiary/aromatic N) is 2. The molecule has 1 amide bonds. The number of carbonyl (C=O) groups excluding carboxylic acids is 1. The molecule has 3 aromatic carbocycles. The molecule has 1 aliphatic rings. The van der Waals surface area contributed by atoms with Gasteiger partial charge in [-0.1, -0.05) is 23.7 Å². The zero-order chi connectivity index (χ0) is 30.2. The van der Waals surface area contributed by atoms with Crippen LogP contribution in [0, 0.1) is 10.1 Å². The Hall–Kier alpha value is -4.35. The van der Waals surface area contributed by atoms with E-state index in [1.54, 1.807) is 12.1 Å². The summed E-state index contributed by atoms with van der Waals surface area (Å²) in [7, 11) is 1.54. The number of hydrogen-bond donors (Lipinski definition) is 1. The average molecular weight is 612 g/mol. The van der Waals surface area contributed by atoms with Gasteiger partial charge < -0.3 is 24.3 Å². The summed E-state index contributed by atoms with van der Waals surface area (Å²) in [6.45, 7) is 5.35. The van der Waals surface area contributed by atoms with Crippen LogP contribution in [0.1, 0.15) is 30.5 Å². The molecule has 12 heteroatoms. The summed E-state index contributed by atoms with van der Waals surface area (Å²) in [5, 5.41) is 14.4. The van der Waals surface area contributed by atoms with Crippen LogP contribution in [0.15, 0.2) is 60.3 Å². The lowest BCUT2D eigenvalue weighted by atomic mass is 10.1. The number of thiocarbonyl (C=S) groups is 1. The number of methoxy groups -OCH3 is 1. The molecule has 0 aliphatic carbocycles. The third-order valence-electron chi connectivity index (χ3n) is 6.32. The van der Waals surface area contributed by atoms with Gasteiger partial charge in [0.05, 0.1) is 30.3 Å². The van der Waals surface area contributed by atoms with Gasteiger partial charge in [-0.05, 0) is 80.0 Å². The summed E-state index contributed by atoms with van der Waals surface area (Å²) in [4.78, 5) is 25.2. The normalized spacial score (nSPS) is 13.7. The van der Waals surface area contributed by atoms with Crippen molar-refractivity contribution in [3.8, 4) is 23.0 Å². The first-order valence-corrected chi connectivity index (χ1v) is 14.0. The number of nitro groups is 1. The van der Waals surface area contributed by atoms with Crippen molar-refractivity contribution in [1.82, 2.24) is 10.2 Å². The number of carbonyl (C=O) groups is 1. The summed E-state index contributed by atoms with van der Waals surface area (Å²) in [6, 6.07) is 15.1. The number of nitrogens with one attached hydrogen (secondary N) is 1. The van der Waals surface area contributed by atoms with Crippen molar-refractivity contribution < 1.29 is 28.7 Å². The minimum absolute atomic E-state index is 0.0788. The molecule has 3 aromatic rings. The van der Waals surface area contributed by atoms with Crippen LogP contribution >= 0.6 is 23.8 Å². The summed E-state index contributed by atoms with van der Waals surface area (Å²) in [5.41, 5.74) is 2.61. The van der Waals surface area contributed by atoms with Crippen LogP contribution in [0.5, 0.6) is 23.0 Å². The van der Waals surface area contributed by atoms with Gasteiger partial charge in [0.15, 0.2) is 16.6 Å². The Morgan fingerprint density at radius 3 is 2.38 bits per heavy atom. The summed E-state index contributed by atoms with van der Waals surface area (Å²) in [5.74, 6) is 1.98. The van der Waals surface area contributed by atoms with Gasteiger partial charge in [0.2, 0.25) is 0 Å². The van der Waals surface area contributed by atoms with E-state index in [1.807, 2.05) is 44.2 Å². The van der Waals surface area contributed by atoms with E-state index < -0.39 is 4.92 Å². The number of hydrogen-bond acceptors (Lipinski definition) is 8. The Morgan fingerprint density at radius 2 is 1.69 bits per heavy atom. The first-order chi connectivity index (χ1) is 20.2. The third-order valence-corrected chi connectivity index (χ3v) is 6.94. The van der Waals surface area contributed by atoms with Gasteiger partial charge in [-0.3, -0.25) is 19.8 Å². The number of benzene rings is 3. The fraction of sp³-hybridized carbons (Fsp3) is 0.267. The highest BCUT2D eigenvalue weighted by molar-refractivity contribution is 7.80. The maximum atomic E-state index is 13.2. The summed E-state index contributed by atoms with van der Waals surface area (Å²) in [6.07, 6.45) is 2.28. The molecular weight excluding hydrogens is 582 g/mol. The second-order valence-electron chi connectivity index (χ2n) is 9.07. The van der Waals surface area contributed by atoms with Gasteiger partial charge in [-0.25, -0.2) is 0 Å². The third kappa shape index (κ3) is 7.29. The van der Waals surface area contributed by atoms with Crippen molar-refractivity contribution in [3.63, 3.8) is 0 Å². The van der Waals surface area contributed by atoms with Crippen molar-refractivity contribution in [3.05, 3.63) is 92.1 Å². The Balaban J connectivity index is 1.45. The molecule has 1 heterocycles. The molecule has 0 unspecified atom stereocenters. The van der Waals surface area contributed by atoms with Crippen LogP contribution < -0.4 is 24.3 Å². The number of rotatable bonds is 13. The van der Waals surface area contributed by atoms with Crippen LogP contribution in [0.25, 0.3) is 6.08 Å². The molecule has 0 saturated carbocycles. The topological polar surface area (TPSA) is 112 Å². The minimum atomic E-state index is -0.529. The molecule has 0 spiro atoms. The lowest BCUT2D eigenvalue weighted by molar-refractivity contribution is -0.384. The zero-order valence-electron chi connectivity index (χ0n) is 23.3. The van der Waals surface area contributed by atoms with Crippen LogP contribution in [0.3, 0.4) is 0 Å². The van der Waals surface area contributed by atoms with Crippen molar-refractivity contribution in [2.45, 2.75) is 26.9 Å². The van der Waals surface area contributed by atoms with E-state index in [2.05, 4.69) is 5.32 Å². The fourth-order valence-corrected chi connectivity index (χ4v) is 4.82. The van der Waals surface area contributed by atoms with E-state index in [9.17, 15) is 14.9 Å². The number of amides is 1. The number of ether oxygens (including phenoxy) is 4. The predicted molar refractivity (Wildman–Crippen MR) is 163 cm³/mol. The second kappa shape index (κ2) is 14.0. The van der Waals surface area contributed by atoms with Crippen molar-refractivity contribution in [1.29, 1.82) is 0 Å². The highest BCUT2D eigenvalue weighted by Crippen LogP contribution is 2.31. The van der Waals surface area contributed by atoms with E-state index in [0.717, 1.165) is 11.1 Å². The Morgan fingerprint density at radius 1 is 0.976 bits per heavy atom. The SMILES string of the molecule is CCOc1ccc(CCN2C(=O)/C(=C\c3ccc(OC)c(COc4ccc([N+](=O)[O-])cc4Cl)c3)NC2=S)cc1OCC. The lowest BCUT2D eigenvalue weighted by Gasteiger charge is -2.16. The maximum absolute atomic E-state index is 13.2. The largest absolute Gasteiger partial charge is 0.496 e. The standard InChI is InChI=1S/C30H30ClN3O7S/c1-4-39-27-10-6-19(16-28(27)40-5-2)12-13-33-29(35)24(32-30(33)42)15-20-7-9-25(38-3)21(14-20)18-41-26-11-8-22(34(36)37)17-23(26)31/h6-11,14-17H,4-5,12-13,18H2,1-3H3,(H,32,42)/b24-15+. The summed E-state index contributed by atoms with van der Waals surface area (Å²) < 4.78 is 22.6. The lowest BCUT2D eigenvalue weighted by Crippen LogP contribution is -2.32. The van der Waals surface area contributed by atoms with E-state index in [0.29, 0.717) is 65.6 Å². The molecule has 1 N–H and O–H groups in total. The molecule has 1 saturated heterocycles. The highest BCUT2D eigenvalue weighted by atomic mass is 35.5. The van der Waals surface area contributed by atoms with Crippen LogP contribution in [0.4, 0.5) is 5.69 Å². The number of halogens is 1. The fourth-order valence-electron chi connectivity index (χ4n) is 4.31. The minimum Gasteiger partial charge on any atom is -0.496 e. The molecular formula is C30H30ClN3O7S. The highest BCUT2D eigenvalue weighted by Gasteiger charge is 2.30. The molecule has 0 aromatic heterocycles. The van der Waals surface area contributed by atoms with Crippen LogP contribution in [-0.4, -0.2) is 47.7 Å². The molecule has 10 nitrogen and oxygen atoms in total. The smallest absolute Gasteiger partial charge is 0.276 e. The average Bonchev–Trinajstić information content (AvgIpc) is 3.23. The van der Waals surface area contributed by atoms with Crippen molar-refractivity contribution >= 4 is 46.6 Å². The number of non-ortho nitro benzene ring substituents is 1. The van der Waals surface area contributed by atoms with Crippen LogP contribution in [0.2, 0.25) is 5.02 Å². The molecule has 0 radical (unpaired) electrons. The van der Waals surface area contributed by atoms with E-state index in [4.69, 9.17) is 42.8 Å².